The molecule has 1 saturated carbocycles. The van der Waals surface area contributed by atoms with Gasteiger partial charge in [0, 0.05) is 18.3 Å². The van der Waals surface area contributed by atoms with Crippen LogP contribution in [0.3, 0.4) is 0 Å². The highest BCUT2D eigenvalue weighted by molar-refractivity contribution is 7.89. The third-order valence-corrected chi connectivity index (χ3v) is 5.26. The monoisotopic (exact) mass is 297 g/mol. The summed E-state index contributed by atoms with van der Waals surface area (Å²) in [4.78, 5) is 4.36. The van der Waals surface area contributed by atoms with Gasteiger partial charge in [-0.1, -0.05) is 6.92 Å². The van der Waals surface area contributed by atoms with Crippen LogP contribution in [0, 0.1) is 5.92 Å². The first-order valence-corrected chi connectivity index (χ1v) is 8.57. The number of pyridine rings is 1. The normalized spacial score (nSPS) is 16.1. The molecule has 0 aromatic carbocycles. The Morgan fingerprint density at radius 3 is 2.55 bits per heavy atom. The standard InChI is InChI=1S/C14H23N3O2S/c1-4-9-15-13-8-7-12(10-16-13)20(18,19)17-14(2,3)11-5-6-11/h7-8,10-11,17H,4-6,9H2,1-3H3,(H,15,16). The highest BCUT2D eigenvalue weighted by Gasteiger charge is 2.40. The number of anilines is 1. The van der Waals surface area contributed by atoms with Crippen molar-refractivity contribution in [3.63, 3.8) is 0 Å². The van der Waals surface area contributed by atoms with Gasteiger partial charge in [0.1, 0.15) is 10.7 Å². The summed E-state index contributed by atoms with van der Waals surface area (Å²) < 4.78 is 27.5. The van der Waals surface area contributed by atoms with Gasteiger partial charge in [-0.25, -0.2) is 18.1 Å². The van der Waals surface area contributed by atoms with Crippen LogP contribution in [0.5, 0.6) is 0 Å². The Morgan fingerprint density at radius 1 is 1.35 bits per heavy atom. The first-order valence-electron chi connectivity index (χ1n) is 7.09. The molecule has 5 nitrogen and oxygen atoms in total. The molecular formula is C14H23N3O2S. The molecule has 1 aliphatic carbocycles. The zero-order chi connectivity index (χ0) is 14.8. The van der Waals surface area contributed by atoms with Crippen LogP contribution < -0.4 is 10.0 Å². The van der Waals surface area contributed by atoms with Gasteiger partial charge in [-0.05, 0) is 51.2 Å². The number of rotatable bonds is 7. The lowest BCUT2D eigenvalue weighted by Gasteiger charge is -2.25. The van der Waals surface area contributed by atoms with Crippen LogP contribution >= 0.6 is 0 Å². The van der Waals surface area contributed by atoms with Crippen LogP contribution in [0.1, 0.15) is 40.0 Å². The average Bonchev–Trinajstić information content (AvgIpc) is 3.20. The second kappa shape index (κ2) is 5.69. The van der Waals surface area contributed by atoms with E-state index in [1.54, 1.807) is 12.1 Å². The Hall–Kier alpha value is -1.14. The lowest BCUT2D eigenvalue weighted by atomic mass is 10.0. The van der Waals surface area contributed by atoms with E-state index in [9.17, 15) is 8.42 Å². The molecule has 1 aromatic heterocycles. The molecular weight excluding hydrogens is 274 g/mol. The minimum absolute atomic E-state index is 0.216. The fraction of sp³-hybridized carbons (Fsp3) is 0.643. The van der Waals surface area contributed by atoms with E-state index in [4.69, 9.17) is 0 Å². The van der Waals surface area contributed by atoms with E-state index in [1.165, 1.54) is 6.20 Å². The molecule has 0 radical (unpaired) electrons. The maximum atomic E-state index is 12.3. The zero-order valence-electron chi connectivity index (χ0n) is 12.3. The summed E-state index contributed by atoms with van der Waals surface area (Å²) in [6.07, 6.45) is 4.59. The molecule has 0 spiro atoms. The molecule has 1 fully saturated rings. The van der Waals surface area contributed by atoms with Gasteiger partial charge >= 0.3 is 0 Å². The zero-order valence-corrected chi connectivity index (χ0v) is 13.1. The van der Waals surface area contributed by atoms with Gasteiger partial charge in [0.25, 0.3) is 0 Å². The van der Waals surface area contributed by atoms with Crippen molar-refractivity contribution in [1.29, 1.82) is 0 Å². The predicted molar refractivity (Wildman–Crippen MR) is 80.1 cm³/mol. The van der Waals surface area contributed by atoms with Gasteiger partial charge in [0.05, 0.1) is 0 Å². The molecule has 2 N–H and O–H groups in total. The second-order valence-electron chi connectivity index (χ2n) is 5.91. The van der Waals surface area contributed by atoms with Crippen molar-refractivity contribution < 1.29 is 8.42 Å². The molecule has 0 saturated heterocycles. The van der Waals surface area contributed by atoms with Gasteiger partial charge in [-0.2, -0.15) is 0 Å². The second-order valence-corrected chi connectivity index (χ2v) is 7.59. The number of aromatic nitrogens is 1. The Balaban J connectivity index is 2.09. The van der Waals surface area contributed by atoms with Crippen molar-refractivity contribution in [3.05, 3.63) is 18.3 Å². The summed E-state index contributed by atoms with van der Waals surface area (Å²) in [7, 11) is -3.50. The van der Waals surface area contributed by atoms with Crippen molar-refractivity contribution in [2.75, 3.05) is 11.9 Å². The molecule has 0 unspecified atom stereocenters. The molecule has 1 aromatic rings. The molecule has 0 bridgehead atoms. The summed E-state index contributed by atoms with van der Waals surface area (Å²) in [5, 5.41) is 3.12. The fourth-order valence-corrected chi connectivity index (χ4v) is 3.61. The smallest absolute Gasteiger partial charge is 0.242 e. The van der Waals surface area contributed by atoms with E-state index >= 15 is 0 Å². The molecule has 1 aliphatic rings. The summed E-state index contributed by atoms with van der Waals surface area (Å²) in [5.74, 6) is 1.14. The van der Waals surface area contributed by atoms with Crippen LogP contribution in [0.2, 0.25) is 0 Å². The molecule has 20 heavy (non-hydrogen) atoms. The summed E-state index contributed by atoms with van der Waals surface area (Å²) in [6.45, 7) is 6.77. The number of sulfonamides is 1. The maximum absolute atomic E-state index is 12.3. The Morgan fingerprint density at radius 2 is 2.05 bits per heavy atom. The van der Waals surface area contributed by atoms with Crippen LogP contribution in [-0.2, 0) is 10.0 Å². The van der Waals surface area contributed by atoms with E-state index in [2.05, 4.69) is 21.9 Å². The van der Waals surface area contributed by atoms with E-state index < -0.39 is 15.6 Å². The van der Waals surface area contributed by atoms with E-state index in [0.29, 0.717) is 11.7 Å². The molecule has 112 valence electrons. The highest BCUT2D eigenvalue weighted by Crippen LogP contribution is 2.39. The lowest BCUT2D eigenvalue weighted by Crippen LogP contribution is -2.45. The van der Waals surface area contributed by atoms with Crippen LogP contribution in [0.25, 0.3) is 0 Å². The number of nitrogens with one attached hydrogen (secondary N) is 2. The molecule has 2 rings (SSSR count). The van der Waals surface area contributed by atoms with Crippen molar-refractivity contribution in [1.82, 2.24) is 9.71 Å². The first kappa shape index (κ1) is 15.3. The highest BCUT2D eigenvalue weighted by atomic mass is 32.2. The van der Waals surface area contributed by atoms with E-state index in [1.807, 2.05) is 13.8 Å². The molecule has 1 heterocycles. The van der Waals surface area contributed by atoms with Gasteiger partial charge in [0.2, 0.25) is 10.0 Å². The minimum atomic E-state index is -3.50. The maximum Gasteiger partial charge on any atom is 0.242 e. The number of hydrogen-bond donors (Lipinski definition) is 2. The van der Waals surface area contributed by atoms with Crippen LogP contribution in [-0.4, -0.2) is 25.5 Å². The van der Waals surface area contributed by atoms with Gasteiger partial charge in [0.15, 0.2) is 0 Å². The summed E-state index contributed by atoms with van der Waals surface area (Å²) >= 11 is 0. The Bertz CT molecular complexity index is 548. The largest absolute Gasteiger partial charge is 0.370 e. The number of hydrogen-bond acceptors (Lipinski definition) is 4. The van der Waals surface area contributed by atoms with Gasteiger partial charge < -0.3 is 5.32 Å². The Labute approximate surface area is 121 Å². The predicted octanol–water partition coefficient (Wildman–Crippen LogP) is 2.37. The average molecular weight is 297 g/mol. The fourth-order valence-electron chi connectivity index (χ4n) is 2.19. The lowest BCUT2D eigenvalue weighted by molar-refractivity contribution is 0.400. The molecule has 6 heteroatoms. The van der Waals surface area contributed by atoms with E-state index in [-0.39, 0.29) is 4.90 Å². The number of nitrogens with zero attached hydrogens (tertiary/aromatic N) is 1. The van der Waals surface area contributed by atoms with Crippen LogP contribution in [0.15, 0.2) is 23.2 Å². The van der Waals surface area contributed by atoms with Crippen molar-refractivity contribution in [3.8, 4) is 0 Å². The third kappa shape index (κ3) is 3.70. The summed E-state index contributed by atoms with van der Waals surface area (Å²) in [5.41, 5.74) is -0.391. The minimum Gasteiger partial charge on any atom is -0.370 e. The molecule has 0 atom stereocenters. The first-order chi connectivity index (χ1) is 9.35. The Kier molecular flexibility index (Phi) is 4.34. The van der Waals surface area contributed by atoms with E-state index in [0.717, 1.165) is 25.8 Å². The van der Waals surface area contributed by atoms with Crippen molar-refractivity contribution >= 4 is 15.8 Å². The molecule has 0 amide bonds. The van der Waals surface area contributed by atoms with Crippen molar-refractivity contribution in [2.45, 2.75) is 50.5 Å². The van der Waals surface area contributed by atoms with Crippen LogP contribution in [0.4, 0.5) is 5.82 Å². The molecule has 0 aliphatic heterocycles. The quantitative estimate of drug-likeness (QED) is 0.810. The topological polar surface area (TPSA) is 71.1 Å². The van der Waals surface area contributed by atoms with Crippen molar-refractivity contribution in [2.24, 2.45) is 5.92 Å². The SMILES string of the molecule is CCCNc1ccc(S(=O)(=O)NC(C)(C)C2CC2)cn1. The van der Waals surface area contributed by atoms with Gasteiger partial charge in [-0.15, -0.1) is 0 Å². The van der Waals surface area contributed by atoms with Gasteiger partial charge in [-0.3, -0.25) is 0 Å². The summed E-state index contributed by atoms with van der Waals surface area (Å²) in [6, 6.07) is 3.30. The third-order valence-electron chi connectivity index (χ3n) is 3.60.